The summed E-state index contributed by atoms with van der Waals surface area (Å²) in [7, 11) is 0. The number of aliphatic hydroxyl groups excluding tert-OH is 2. The molecule has 0 saturated heterocycles. The standard InChI is InChI=1S/C15H30O2/c1-2-7-13-9-10-15(17)14(12-13)8-5-3-4-6-11-16/h13-17H,2-12H2,1H3. The molecular weight excluding hydrogens is 212 g/mol. The first-order valence-electron chi connectivity index (χ1n) is 7.56. The van der Waals surface area contributed by atoms with E-state index in [1.54, 1.807) is 0 Å². The molecule has 1 saturated carbocycles. The van der Waals surface area contributed by atoms with Gasteiger partial charge in [0.1, 0.15) is 0 Å². The van der Waals surface area contributed by atoms with Crippen molar-refractivity contribution < 1.29 is 10.2 Å². The molecule has 17 heavy (non-hydrogen) atoms. The third-order valence-corrected chi connectivity index (χ3v) is 4.23. The highest BCUT2D eigenvalue weighted by Gasteiger charge is 2.27. The van der Waals surface area contributed by atoms with Crippen molar-refractivity contribution in [1.82, 2.24) is 0 Å². The van der Waals surface area contributed by atoms with Gasteiger partial charge in [0.2, 0.25) is 0 Å². The van der Waals surface area contributed by atoms with E-state index in [1.807, 2.05) is 0 Å². The number of hydrogen-bond acceptors (Lipinski definition) is 2. The third kappa shape index (κ3) is 5.87. The number of aliphatic hydroxyl groups is 2. The van der Waals surface area contributed by atoms with Gasteiger partial charge in [0.05, 0.1) is 6.10 Å². The van der Waals surface area contributed by atoms with Crippen molar-refractivity contribution >= 4 is 0 Å². The Labute approximate surface area is 106 Å². The Morgan fingerprint density at radius 2 is 1.76 bits per heavy atom. The zero-order chi connectivity index (χ0) is 12.5. The van der Waals surface area contributed by atoms with Crippen LogP contribution in [0, 0.1) is 11.8 Å². The van der Waals surface area contributed by atoms with Gasteiger partial charge in [-0.1, -0.05) is 39.0 Å². The van der Waals surface area contributed by atoms with Crippen LogP contribution in [0.15, 0.2) is 0 Å². The molecule has 1 rings (SSSR count). The fraction of sp³-hybridized carbons (Fsp3) is 1.00. The van der Waals surface area contributed by atoms with Gasteiger partial charge in [-0.05, 0) is 43.9 Å². The van der Waals surface area contributed by atoms with Crippen molar-refractivity contribution in [3.63, 3.8) is 0 Å². The average molecular weight is 242 g/mol. The van der Waals surface area contributed by atoms with E-state index < -0.39 is 0 Å². The van der Waals surface area contributed by atoms with Gasteiger partial charge in [-0.3, -0.25) is 0 Å². The number of unbranched alkanes of at least 4 members (excludes halogenated alkanes) is 3. The second-order valence-electron chi connectivity index (χ2n) is 5.72. The van der Waals surface area contributed by atoms with E-state index in [9.17, 15) is 5.11 Å². The summed E-state index contributed by atoms with van der Waals surface area (Å²) in [5.74, 6) is 1.42. The van der Waals surface area contributed by atoms with Crippen LogP contribution < -0.4 is 0 Å². The highest BCUT2D eigenvalue weighted by molar-refractivity contribution is 4.79. The van der Waals surface area contributed by atoms with E-state index in [1.165, 1.54) is 44.9 Å². The molecule has 0 aliphatic heterocycles. The summed E-state index contributed by atoms with van der Waals surface area (Å²) in [6.07, 6.45) is 11.8. The lowest BCUT2D eigenvalue weighted by Crippen LogP contribution is -2.29. The van der Waals surface area contributed by atoms with E-state index in [4.69, 9.17) is 5.11 Å². The van der Waals surface area contributed by atoms with E-state index >= 15 is 0 Å². The van der Waals surface area contributed by atoms with Crippen molar-refractivity contribution in [1.29, 1.82) is 0 Å². The molecule has 2 N–H and O–H groups in total. The Hall–Kier alpha value is -0.0800. The van der Waals surface area contributed by atoms with Gasteiger partial charge in [-0.25, -0.2) is 0 Å². The average Bonchev–Trinajstić information content (AvgIpc) is 2.33. The molecule has 0 radical (unpaired) electrons. The highest BCUT2D eigenvalue weighted by atomic mass is 16.3. The van der Waals surface area contributed by atoms with Crippen LogP contribution in [0.1, 0.15) is 71.1 Å². The molecule has 0 spiro atoms. The smallest absolute Gasteiger partial charge is 0.0568 e. The minimum Gasteiger partial charge on any atom is -0.396 e. The number of hydrogen-bond donors (Lipinski definition) is 2. The molecule has 2 heteroatoms. The lowest BCUT2D eigenvalue weighted by molar-refractivity contribution is 0.0405. The van der Waals surface area contributed by atoms with Gasteiger partial charge in [-0.2, -0.15) is 0 Å². The van der Waals surface area contributed by atoms with Gasteiger partial charge >= 0.3 is 0 Å². The Kier molecular flexibility index (Phi) is 7.87. The SMILES string of the molecule is CCCC1CCC(O)C(CCCCCCO)C1. The van der Waals surface area contributed by atoms with Crippen LogP contribution in [-0.4, -0.2) is 22.9 Å². The molecular formula is C15H30O2. The van der Waals surface area contributed by atoms with Crippen molar-refractivity contribution in [2.75, 3.05) is 6.61 Å². The van der Waals surface area contributed by atoms with Crippen molar-refractivity contribution in [3.8, 4) is 0 Å². The quantitative estimate of drug-likeness (QED) is 0.639. The lowest BCUT2D eigenvalue weighted by atomic mass is 9.75. The molecule has 2 nitrogen and oxygen atoms in total. The molecule has 0 heterocycles. The van der Waals surface area contributed by atoms with Crippen molar-refractivity contribution in [2.45, 2.75) is 77.2 Å². The molecule has 1 aliphatic carbocycles. The first-order valence-corrected chi connectivity index (χ1v) is 7.56. The Morgan fingerprint density at radius 3 is 2.47 bits per heavy atom. The lowest BCUT2D eigenvalue weighted by Gasteiger charge is -2.33. The summed E-state index contributed by atoms with van der Waals surface area (Å²) in [4.78, 5) is 0. The molecule has 0 aromatic heterocycles. The normalized spacial score (nSPS) is 29.5. The largest absolute Gasteiger partial charge is 0.396 e. The van der Waals surface area contributed by atoms with E-state index in [2.05, 4.69) is 6.92 Å². The maximum Gasteiger partial charge on any atom is 0.0568 e. The molecule has 3 atom stereocenters. The summed E-state index contributed by atoms with van der Waals surface area (Å²) in [6.45, 7) is 2.58. The molecule has 0 amide bonds. The number of rotatable bonds is 8. The van der Waals surface area contributed by atoms with Crippen LogP contribution in [0.4, 0.5) is 0 Å². The van der Waals surface area contributed by atoms with Crippen molar-refractivity contribution in [2.24, 2.45) is 11.8 Å². The van der Waals surface area contributed by atoms with E-state index in [0.29, 0.717) is 12.5 Å². The van der Waals surface area contributed by atoms with Crippen LogP contribution in [0.5, 0.6) is 0 Å². The van der Waals surface area contributed by atoms with Gasteiger partial charge in [0, 0.05) is 6.61 Å². The first kappa shape index (κ1) is 15.0. The summed E-state index contributed by atoms with van der Waals surface area (Å²) >= 11 is 0. The second-order valence-corrected chi connectivity index (χ2v) is 5.72. The predicted molar refractivity (Wildman–Crippen MR) is 71.9 cm³/mol. The van der Waals surface area contributed by atoms with Gasteiger partial charge in [0.25, 0.3) is 0 Å². The second kappa shape index (κ2) is 8.93. The molecule has 0 bridgehead atoms. The molecule has 0 aromatic carbocycles. The maximum absolute atomic E-state index is 10.0. The molecule has 3 unspecified atom stereocenters. The first-order chi connectivity index (χ1) is 8.27. The Morgan fingerprint density at radius 1 is 1.00 bits per heavy atom. The van der Waals surface area contributed by atoms with Crippen molar-refractivity contribution in [3.05, 3.63) is 0 Å². The molecule has 1 fully saturated rings. The summed E-state index contributed by atoms with van der Waals surface area (Å²) in [6, 6.07) is 0. The summed E-state index contributed by atoms with van der Waals surface area (Å²) < 4.78 is 0. The minimum atomic E-state index is -0.0408. The zero-order valence-corrected chi connectivity index (χ0v) is 11.4. The topological polar surface area (TPSA) is 40.5 Å². The van der Waals surface area contributed by atoms with Gasteiger partial charge < -0.3 is 10.2 Å². The van der Waals surface area contributed by atoms with E-state index in [0.717, 1.165) is 25.2 Å². The third-order valence-electron chi connectivity index (χ3n) is 4.23. The molecule has 0 aromatic rings. The fourth-order valence-electron chi connectivity index (χ4n) is 3.20. The summed E-state index contributed by atoms with van der Waals surface area (Å²) in [5.41, 5.74) is 0. The highest BCUT2D eigenvalue weighted by Crippen LogP contribution is 2.34. The van der Waals surface area contributed by atoms with Crippen LogP contribution in [-0.2, 0) is 0 Å². The monoisotopic (exact) mass is 242 g/mol. The van der Waals surface area contributed by atoms with Crippen LogP contribution in [0.2, 0.25) is 0 Å². The van der Waals surface area contributed by atoms with Gasteiger partial charge in [-0.15, -0.1) is 0 Å². The van der Waals surface area contributed by atoms with Crippen LogP contribution >= 0.6 is 0 Å². The summed E-state index contributed by atoms with van der Waals surface area (Å²) in [5, 5.41) is 18.7. The maximum atomic E-state index is 10.0. The van der Waals surface area contributed by atoms with Crippen LogP contribution in [0.25, 0.3) is 0 Å². The fourth-order valence-corrected chi connectivity index (χ4v) is 3.20. The minimum absolute atomic E-state index is 0.0408. The Bertz CT molecular complexity index is 182. The van der Waals surface area contributed by atoms with E-state index in [-0.39, 0.29) is 6.10 Å². The predicted octanol–water partition coefficient (Wildman–Crippen LogP) is 3.51. The molecule has 102 valence electrons. The molecule has 1 aliphatic rings. The van der Waals surface area contributed by atoms with Crippen LogP contribution in [0.3, 0.4) is 0 Å². The Balaban J connectivity index is 2.15. The van der Waals surface area contributed by atoms with Gasteiger partial charge in [0.15, 0.2) is 0 Å². The zero-order valence-electron chi connectivity index (χ0n) is 11.4.